The van der Waals surface area contributed by atoms with Crippen LogP contribution in [0, 0.1) is 6.92 Å². The standard InChI is InChI=1S/C10H18N4O.ClH/c1-8-12-10(15-13-8)7-14(2)9-3-5-11-6-4-9;/h9,11H,3-7H2,1-2H3;1H. The molecule has 5 nitrogen and oxygen atoms in total. The number of aromatic nitrogens is 2. The lowest BCUT2D eigenvalue weighted by Gasteiger charge is -2.30. The van der Waals surface area contributed by atoms with Crippen LogP contribution in [-0.4, -0.2) is 41.2 Å². The van der Waals surface area contributed by atoms with E-state index in [9.17, 15) is 0 Å². The molecular weight excluding hydrogens is 228 g/mol. The van der Waals surface area contributed by atoms with Crippen LogP contribution in [0.2, 0.25) is 0 Å². The van der Waals surface area contributed by atoms with Gasteiger partial charge >= 0.3 is 0 Å². The Labute approximate surface area is 102 Å². The van der Waals surface area contributed by atoms with Crippen LogP contribution in [0.5, 0.6) is 0 Å². The van der Waals surface area contributed by atoms with Gasteiger partial charge in [-0.15, -0.1) is 12.4 Å². The van der Waals surface area contributed by atoms with Gasteiger partial charge in [0.15, 0.2) is 5.82 Å². The zero-order chi connectivity index (χ0) is 10.7. The Hall–Kier alpha value is -0.650. The van der Waals surface area contributed by atoms with Crippen molar-refractivity contribution in [3.05, 3.63) is 11.7 Å². The monoisotopic (exact) mass is 246 g/mol. The number of rotatable bonds is 3. The first-order chi connectivity index (χ1) is 7.25. The summed E-state index contributed by atoms with van der Waals surface area (Å²) in [5.41, 5.74) is 0. The van der Waals surface area contributed by atoms with Crippen molar-refractivity contribution in [2.24, 2.45) is 0 Å². The minimum atomic E-state index is 0. The second-order valence-electron chi connectivity index (χ2n) is 4.13. The van der Waals surface area contributed by atoms with Gasteiger partial charge in [-0.05, 0) is 39.9 Å². The summed E-state index contributed by atoms with van der Waals surface area (Å²) in [6.07, 6.45) is 2.40. The molecule has 6 heteroatoms. The molecule has 2 rings (SSSR count). The third-order valence-electron chi connectivity index (χ3n) is 2.89. The van der Waals surface area contributed by atoms with E-state index in [-0.39, 0.29) is 12.4 Å². The van der Waals surface area contributed by atoms with Crippen molar-refractivity contribution >= 4 is 12.4 Å². The molecule has 0 saturated carbocycles. The van der Waals surface area contributed by atoms with Crippen LogP contribution >= 0.6 is 12.4 Å². The molecule has 0 atom stereocenters. The molecule has 0 unspecified atom stereocenters. The Morgan fingerprint density at radius 2 is 2.12 bits per heavy atom. The molecule has 1 aliphatic heterocycles. The van der Waals surface area contributed by atoms with Gasteiger partial charge in [0, 0.05) is 6.04 Å². The van der Waals surface area contributed by atoms with E-state index in [0.717, 1.165) is 19.6 Å². The molecule has 1 aromatic heterocycles. The van der Waals surface area contributed by atoms with E-state index in [2.05, 4.69) is 27.4 Å². The molecule has 16 heavy (non-hydrogen) atoms. The van der Waals surface area contributed by atoms with Crippen molar-refractivity contribution in [2.45, 2.75) is 32.4 Å². The lowest BCUT2D eigenvalue weighted by atomic mass is 10.1. The minimum Gasteiger partial charge on any atom is -0.338 e. The van der Waals surface area contributed by atoms with Gasteiger partial charge in [0.1, 0.15) is 0 Å². The zero-order valence-electron chi connectivity index (χ0n) is 9.77. The van der Waals surface area contributed by atoms with Crippen LogP contribution in [0.25, 0.3) is 0 Å². The number of nitrogens with one attached hydrogen (secondary N) is 1. The second-order valence-corrected chi connectivity index (χ2v) is 4.13. The summed E-state index contributed by atoms with van der Waals surface area (Å²) >= 11 is 0. The summed E-state index contributed by atoms with van der Waals surface area (Å²) < 4.78 is 5.11. The Kier molecular flexibility index (Phi) is 5.18. The Bertz CT molecular complexity index is 312. The molecule has 0 amide bonds. The lowest BCUT2D eigenvalue weighted by Crippen LogP contribution is -2.40. The van der Waals surface area contributed by atoms with Crippen LogP contribution in [0.3, 0.4) is 0 Å². The normalized spacial score (nSPS) is 17.4. The van der Waals surface area contributed by atoms with E-state index >= 15 is 0 Å². The number of hydrogen-bond donors (Lipinski definition) is 1. The molecule has 0 spiro atoms. The molecule has 1 aromatic rings. The highest BCUT2D eigenvalue weighted by Gasteiger charge is 2.19. The Morgan fingerprint density at radius 1 is 1.44 bits per heavy atom. The summed E-state index contributed by atoms with van der Waals surface area (Å²) in [7, 11) is 2.12. The number of halogens is 1. The fourth-order valence-corrected chi connectivity index (χ4v) is 1.99. The van der Waals surface area contributed by atoms with Crippen molar-refractivity contribution in [1.82, 2.24) is 20.4 Å². The van der Waals surface area contributed by atoms with E-state index < -0.39 is 0 Å². The van der Waals surface area contributed by atoms with E-state index in [1.807, 2.05) is 6.92 Å². The third kappa shape index (κ3) is 3.43. The average molecular weight is 247 g/mol. The molecular formula is C10H19ClN4O. The van der Waals surface area contributed by atoms with Crippen molar-refractivity contribution in [3.63, 3.8) is 0 Å². The fraction of sp³-hybridized carbons (Fsp3) is 0.800. The summed E-state index contributed by atoms with van der Waals surface area (Å²) in [5, 5.41) is 7.15. The number of nitrogens with zero attached hydrogens (tertiary/aromatic N) is 3. The van der Waals surface area contributed by atoms with Gasteiger partial charge in [-0.25, -0.2) is 0 Å². The SMILES string of the molecule is Cc1noc(CN(C)C2CCNCC2)n1.Cl. The molecule has 0 bridgehead atoms. The van der Waals surface area contributed by atoms with E-state index in [1.54, 1.807) is 0 Å². The summed E-state index contributed by atoms with van der Waals surface area (Å²) in [6.45, 7) is 4.82. The predicted molar refractivity (Wildman–Crippen MR) is 63.6 cm³/mol. The topological polar surface area (TPSA) is 54.2 Å². The maximum Gasteiger partial charge on any atom is 0.240 e. The molecule has 0 radical (unpaired) electrons. The Balaban J connectivity index is 0.00000128. The van der Waals surface area contributed by atoms with Crippen LogP contribution in [0.1, 0.15) is 24.6 Å². The quantitative estimate of drug-likeness (QED) is 0.862. The first-order valence-corrected chi connectivity index (χ1v) is 5.46. The molecule has 1 saturated heterocycles. The lowest BCUT2D eigenvalue weighted by molar-refractivity contribution is 0.171. The smallest absolute Gasteiger partial charge is 0.240 e. The molecule has 1 aliphatic rings. The summed E-state index contributed by atoms with van der Waals surface area (Å²) in [5.74, 6) is 1.43. The third-order valence-corrected chi connectivity index (χ3v) is 2.89. The van der Waals surface area contributed by atoms with Crippen LogP contribution in [0.15, 0.2) is 4.52 Å². The van der Waals surface area contributed by atoms with Crippen molar-refractivity contribution in [2.75, 3.05) is 20.1 Å². The summed E-state index contributed by atoms with van der Waals surface area (Å²) in [6, 6.07) is 0.637. The van der Waals surface area contributed by atoms with Gasteiger partial charge in [0.2, 0.25) is 5.89 Å². The average Bonchev–Trinajstić information content (AvgIpc) is 2.65. The minimum absolute atomic E-state index is 0. The van der Waals surface area contributed by atoms with Gasteiger partial charge in [-0.2, -0.15) is 4.98 Å². The molecule has 1 N–H and O–H groups in total. The van der Waals surface area contributed by atoms with Gasteiger partial charge in [0.05, 0.1) is 6.54 Å². The maximum absolute atomic E-state index is 5.11. The fourth-order valence-electron chi connectivity index (χ4n) is 1.99. The largest absolute Gasteiger partial charge is 0.338 e. The van der Waals surface area contributed by atoms with E-state index in [0.29, 0.717) is 17.8 Å². The maximum atomic E-state index is 5.11. The van der Waals surface area contributed by atoms with Gasteiger partial charge in [-0.1, -0.05) is 5.16 Å². The van der Waals surface area contributed by atoms with Crippen LogP contribution in [-0.2, 0) is 6.54 Å². The van der Waals surface area contributed by atoms with Crippen LogP contribution in [0.4, 0.5) is 0 Å². The molecule has 0 aliphatic carbocycles. The highest BCUT2D eigenvalue weighted by molar-refractivity contribution is 5.85. The first-order valence-electron chi connectivity index (χ1n) is 5.46. The highest BCUT2D eigenvalue weighted by Crippen LogP contribution is 2.12. The molecule has 92 valence electrons. The molecule has 0 aromatic carbocycles. The second kappa shape index (κ2) is 6.18. The van der Waals surface area contributed by atoms with Gasteiger partial charge < -0.3 is 9.84 Å². The first kappa shape index (κ1) is 13.4. The summed E-state index contributed by atoms with van der Waals surface area (Å²) in [4.78, 5) is 6.51. The van der Waals surface area contributed by atoms with E-state index in [4.69, 9.17) is 4.52 Å². The van der Waals surface area contributed by atoms with Crippen molar-refractivity contribution in [3.8, 4) is 0 Å². The van der Waals surface area contributed by atoms with E-state index in [1.165, 1.54) is 12.8 Å². The van der Waals surface area contributed by atoms with Gasteiger partial charge in [-0.3, -0.25) is 4.90 Å². The number of aryl methyl sites for hydroxylation is 1. The van der Waals surface area contributed by atoms with Crippen molar-refractivity contribution in [1.29, 1.82) is 0 Å². The van der Waals surface area contributed by atoms with Crippen molar-refractivity contribution < 1.29 is 4.52 Å². The number of hydrogen-bond acceptors (Lipinski definition) is 5. The number of piperidine rings is 1. The van der Waals surface area contributed by atoms with Crippen LogP contribution < -0.4 is 5.32 Å². The highest BCUT2D eigenvalue weighted by atomic mass is 35.5. The Morgan fingerprint density at radius 3 is 2.69 bits per heavy atom. The zero-order valence-corrected chi connectivity index (χ0v) is 10.6. The van der Waals surface area contributed by atoms with Gasteiger partial charge in [0.25, 0.3) is 0 Å². The molecule has 2 heterocycles. The molecule has 1 fully saturated rings. The predicted octanol–water partition coefficient (Wildman–Crippen LogP) is 0.984.